The van der Waals surface area contributed by atoms with Gasteiger partial charge in [0.2, 0.25) is 5.91 Å². The van der Waals surface area contributed by atoms with E-state index in [2.05, 4.69) is 28.4 Å². The molecule has 138 valence electrons. The second-order valence-corrected chi connectivity index (χ2v) is 7.34. The Kier molecular flexibility index (Phi) is 3.93. The Morgan fingerprint density at radius 3 is 2.93 bits per heavy atom. The molecule has 1 saturated carbocycles. The lowest BCUT2D eigenvalue weighted by atomic mass is 10.0. The van der Waals surface area contributed by atoms with Gasteiger partial charge in [0.15, 0.2) is 0 Å². The quantitative estimate of drug-likeness (QED) is 0.579. The van der Waals surface area contributed by atoms with Gasteiger partial charge in [-0.15, -0.1) is 0 Å². The number of amides is 1. The van der Waals surface area contributed by atoms with Gasteiger partial charge in [-0.2, -0.15) is 0 Å². The lowest BCUT2D eigenvalue weighted by molar-refractivity contribution is -0.117. The Morgan fingerprint density at radius 1 is 1.14 bits per heavy atom. The minimum absolute atomic E-state index is 0.00227. The number of aromatic nitrogens is 3. The highest BCUT2D eigenvalue weighted by Gasteiger charge is 2.44. The molecule has 0 spiro atoms. The maximum atomic E-state index is 12.7. The number of aryl methyl sites for hydroxylation is 1. The van der Waals surface area contributed by atoms with Crippen molar-refractivity contribution < 1.29 is 4.79 Å². The van der Waals surface area contributed by atoms with Crippen molar-refractivity contribution in [2.45, 2.75) is 19.3 Å². The SMILES string of the molecule is Cc1ccc(NC(=O)[C@H]2C[C@@H]2c2ccccn2)cc1-c1cnc2cccn2c1. The predicted molar refractivity (Wildman–Crippen MR) is 109 cm³/mol. The van der Waals surface area contributed by atoms with Gasteiger partial charge in [-0.05, 0) is 60.9 Å². The van der Waals surface area contributed by atoms with Crippen LogP contribution in [-0.2, 0) is 4.79 Å². The van der Waals surface area contributed by atoms with Gasteiger partial charge in [0.25, 0.3) is 0 Å². The zero-order valence-electron chi connectivity index (χ0n) is 15.5. The van der Waals surface area contributed by atoms with Gasteiger partial charge in [-0.1, -0.05) is 12.1 Å². The van der Waals surface area contributed by atoms with E-state index >= 15 is 0 Å². The van der Waals surface area contributed by atoms with Crippen molar-refractivity contribution in [1.82, 2.24) is 14.4 Å². The first-order valence-electron chi connectivity index (χ1n) is 9.44. The van der Waals surface area contributed by atoms with Crippen LogP contribution in [0.3, 0.4) is 0 Å². The monoisotopic (exact) mass is 368 g/mol. The van der Waals surface area contributed by atoms with Gasteiger partial charge < -0.3 is 9.72 Å². The number of anilines is 1. The Bertz CT molecular complexity index is 1170. The number of benzene rings is 1. The number of nitrogens with zero attached hydrogens (tertiary/aromatic N) is 3. The summed E-state index contributed by atoms with van der Waals surface area (Å²) < 4.78 is 2.00. The highest BCUT2D eigenvalue weighted by molar-refractivity contribution is 5.95. The maximum Gasteiger partial charge on any atom is 0.228 e. The van der Waals surface area contributed by atoms with Crippen LogP contribution in [0.15, 0.2) is 73.3 Å². The maximum absolute atomic E-state index is 12.7. The number of hydrogen-bond donors (Lipinski definition) is 1. The molecule has 1 aliphatic rings. The van der Waals surface area contributed by atoms with Crippen molar-refractivity contribution in [1.29, 1.82) is 0 Å². The van der Waals surface area contributed by atoms with Gasteiger partial charge in [0.05, 0.1) is 0 Å². The highest BCUT2D eigenvalue weighted by atomic mass is 16.2. The molecule has 1 aliphatic carbocycles. The third-order valence-corrected chi connectivity index (χ3v) is 5.38. The van der Waals surface area contributed by atoms with Crippen molar-refractivity contribution in [2.24, 2.45) is 5.92 Å². The van der Waals surface area contributed by atoms with Crippen molar-refractivity contribution in [3.8, 4) is 11.1 Å². The molecule has 5 nitrogen and oxygen atoms in total. The van der Waals surface area contributed by atoms with Crippen molar-refractivity contribution in [2.75, 3.05) is 5.32 Å². The number of fused-ring (bicyclic) bond motifs is 1. The summed E-state index contributed by atoms with van der Waals surface area (Å²) in [6, 6.07) is 15.8. The zero-order chi connectivity index (χ0) is 19.1. The third kappa shape index (κ3) is 3.05. The number of hydrogen-bond acceptors (Lipinski definition) is 3. The van der Waals surface area contributed by atoms with Crippen LogP contribution in [-0.4, -0.2) is 20.3 Å². The molecule has 0 bridgehead atoms. The van der Waals surface area contributed by atoms with E-state index in [1.54, 1.807) is 6.20 Å². The van der Waals surface area contributed by atoms with Crippen LogP contribution in [0.25, 0.3) is 16.8 Å². The van der Waals surface area contributed by atoms with Crippen LogP contribution in [0.2, 0.25) is 0 Å². The van der Waals surface area contributed by atoms with E-state index in [9.17, 15) is 4.79 Å². The van der Waals surface area contributed by atoms with Gasteiger partial charge in [-0.25, -0.2) is 4.98 Å². The van der Waals surface area contributed by atoms with E-state index < -0.39 is 0 Å². The van der Waals surface area contributed by atoms with Crippen LogP contribution < -0.4 is 5.32 Å². The molecule has 3 aromatic heterocycles. The summed E-state index contributed by atoms with van der Waals surface area (Å²) in [6.07, 6.45) is 8.56. The normalized spacial score (nSPS) is 18.2. The molecule has 2 atom stereocenters. The minimum atomic E-state index is -0.00227. The topological polar surface area (TPSA) is 59.3 Å². The van der Waals surface area contributed by atoms with Gasteiger partial charge >= 0.3 is 0 Å². The summed E-state index contributed by atoms with van der Waals surface area (Å²) in [5.41, 5.74) is 5.96. The van der Waals surface area contributed by atoms with E-state index in [4.69, 9.17) is 0 Å². The summed E-state index contributed by atoms with van der Waals surface area (Å²) in [7, 11) is 0. The average molecular weight is 368 g/mol. The molecule has 5 heteroatoms. The van der Waals surface area contributed by atoms with Crippen LogP contribution in [0.5, 0.6) is 0 Å². The summed E-state index contributed by atoms with van der Waals surface area (Å²) in [5.74, 6) is 0.286. The molecule has 1 fully saturated rings. The smallest absolute Gasteiger partial charge is 0.228 e. The van der Waals surface area contributed by atoms with Crippen molar-refractivity contribution >= 4 is 17.2 Å². The van der Waals surface area contributed by atoms with Crippen LogP contribution in [0.4, 0.5) is 5.69 Å². The standard InChI is InChI=1S/C23H20N4O/c1-15-7-8-17(11-18(15)16-13-25-22-6-4-10-27(22)14-16)26-23(28)20-12-19(20)21-5-2-3-9-24-21/h2-11,13-14,19-20H,12H2,1H3,(H,26,28)/t19-,20-/m0/s1. The summed E-state index contributed by atoms with van der Waals surface area (Å²) in [4.78, 5) is 21.6. The van der Waals surface area contributed by atoms with E-state index in [0.717, 1.165) is 40.1 Å². The highest BCUT2D eigenvalue weighted by Crippen LogP contribution is 2.47. The van der Waals surface area contributed by atoms with E-state index in [-0.39, 0.29) is 17.7 Å². The fourth-order valence-electron chi connectivity index (χ4n) is 3.71. The lowest BCUT2D eigenvalue weighted by Gasteiger charge is -2.11. The van der Waals surface area contributed by atoms with E-state index in [1.165, 1.54) is 0 Å². The van der Waals surface area contributed by atoms with Crippen LogP contribution >= 0.6 is 0 Å². The molecule has 0 aliphatic heterocycles. The second-order valence-electron chi connectivity index (χ2n) is 7.34. The fourth-order valence-corrected chi connectivity index (χ4v) is 3.71. The molecule has 0 saturated heterocycles. The largest absolute Gasteiger partial charge is 0.326 e. The van der Waals surface area contributed by atoms with Crippen LogP contribution in [0.1, 0.15) is 23.6 Å². The summed E-state index contributed by atoms with van der Waals surface area (Å²) >= 11 is 0. The first-order valence-corrected chi connectivity index (χ1v) is 9.44. The number of carbonyl (C=O) groups excluding carboxylic acids is 1. The van der Waals surface area contributed by atoms with Crippen molar-refractivity contribution in [3.63, 3.8) is 0 Å². The second kappa shape index (κ2) is 6.60. The fraction of sp³-hybridized carbons (Fsp3) is 0.174. The first kappa shape index (κ1) is 16.7. The molecule has 1 aromatic carbocycles. The van der Waals surface area contributed by atoms with E-state index in [0.29, 0.717) is 0 Å². The molecule has 0 unspecified atom stereocenters. The minimum Gasteiger partial charge on any atom is -0.326 e. The number of pyridine rings is 1. The molecule has 1 amide bonds. The Hall–Kier alpha value is -3.47. The van der Waals surface area contributed by atoms with Gasteiger partial charge in [0.1, 0.15) is 5.65 Å². The van der Waals surface area contributed by atoms with Gasteiger partial charge in [0, 0.05) is 53.6 Å². The van der Waals surface area contributed by atoms with Crippen LogP contribution in [0, 0.1) is 12.8 Å². The summed E-state index contributed by atoms with van der Waals surface area (Å²) in [6.45, 7) is 2.07. The number of nitrogens with one attached hydrogen (secondary N) is 1. The molecule has 3 heterocycles. The van der Waals surface area contributed by atoms with Gasteiger partial charge in [-0.3, -0.25) is 9.78 Å². The molecule has 28 heavy (non-hydrogen) atoms. The average Bonchev–Trinajstić information content (AvgIpc) is 3.40. The first-order chi connectivity index (χ1) is 13.7. The molecular weight excluding hydrogens is 348 g/mol. The Morgan fingerprint density at radius 2 is 2.07 bits per heavy atom. The van der Waals surface area contributed by atoms with E-state index in [1.807, 2.05) is 65.3 Å². The summed E-state index contributed by atoms with van der Waals surface area (Å²) in [5, 5.41) is 3.08. The number of carbonyl (C=O) groups is 1. The molecule has 5 rings (SSSR count). The van der Waals surface area contributed by atoms with Crippen molar-refractivity contribution in [3.05, 3.63) is 84.6 Å². The number of rotatable bonds is 4. The molecule has 0 radical (unpaired) electrons. The molecule has 4 aromatic rings. The molecular formula is C23H20N4O. The Balaban J connectivity index is 1.36. The third-order valence-electron chi connectivity index (χ3n) is 5.38. The lowest BCUT2D eigenvalue weighted by Crippen LogP contribution is -2.14. The Labute approximate surface area is 163 Å². The predicted octanol–water partition coefficient (Wildman–Crippen LogP) is 4.45. The zero-order valence-corrected chi connectivity index (χ0v) is 15.5. The molecule has 1 N–H and O–H groups in total.